The quantitative estimate of drug-likeness (QED) is 0.790. The van der Waals surface area contributed by atoms with E-state index in [0.29, 0.717) is 5.69 Å². The van der Waals surface area contributed by atoms with E-state index in [9.17, 15) is 4.79 Å². The van der Waals surface area contributed by atoms with E-state index in [4.69, 9.17) is 5.11 Å². The molecule has 2 heterocycles. The molecule has 0 spiro atoms. The van der Waals surface area contributed by atoms with Gasteiger partial charge in [-0.25, -0.2) is 9.97 Å². The summed E-state index contributed by atoms with van der Waals surface area (Å²) in [5.74, 6) is -0.890. The van der Waals surface area contributed by atoms with E-state index in [1.807, 2.05) is 31.2 Å². The van der Waals surface area contributed by atoms with E-state index >= 15 is 0 Å². The molecule has 0 radical (unpaired) electrons. The van der Waals surface area contributed by atoms with Crippen LogP contribution in [0.1, 0.15) is 11.3 Å². The molecule has 0 fully saturated rings. The van der Waals surface area contributed by atoms with Gasteiger partial charge >= 0.3 is 5.97 Å². The first kappa shape index (κ1) is 12.3. The molecule has 20 heavy (non-hydrogen) atoms. The summed E-state index contributed by atoms with van der Waals surface area (Å²) >= 11 is 0. The normalized spacial score (nSPS) is 10.8. The smallest absolute Gasteiger partial charge is 0.309 e. The van der Waals surface area contributed by atoms with E-state index < -0.39 is 5.97 Å². The second-order valence-electron chi connectivity index (χ2n) is 4.66. The lowest BCUT2D eigenvalue weighted by Crippen LogP contribution is -1.99. The van der Waals surface area contributed by atoms with Crippen LogP contribution in [-0.2, 0) is 11.2 Å². The monoisotopic (exact) mass is 267 g/mol. The summed E-state index contributed by atoms with van der Waals surface area (Å²) in [7, 11) is 0. The molecule has 0 atom stereocenters. The number of hydrogen-bond acceptors (Lipinski definition) is 3. The number of fused-ring (bicyclic) bond motifs is 1. The van der Waals surface area contributed by atoms with Crippen LogP contribution in [0.3, 0.4) is 0 Å². The number of aromatic nitrogens is 3. The number of carboxylic acid groups (broad SMARTS) is 1. The van der Waals surface area contributed by atoms with Crippen molar-refractivity contribution in [1.29, 1.82) is 0 Å². The van der Waals surface area contributed by atoms with Crippen LogP contribution in [0.5, 0.6) is 0 Å². The van der Waals surface area contributed by atoms with Gasteiger partial charge in [0.2, 0.25) is 0 Å². The molecule has 3 aromatic rings. The Labute approximate surface area is 115 Å². The third kappa shape index (κ3) is 2.14. The number of aryl methyl sites for hydroxylation is 1. The Morgan fingerprint density at radius 2 is 2.10 bits per heavy atom. The molecular formula is C15H13N3O2. The molecule has 2 aromatic heterocycles. The summed E-state index contributed by atoms with van der Waals surface area (Å²) in [6.45, 7) is 2.03. The zero-order valence-electron chi connectivity index (χ0n) is 10.9. The van der Waals surface area contributed by atoms with Crippen molar-refractivity contribution in [3.63, 3.8) is 0 Å². The van der Waals surface area contributed by atoms with Crippen LogP contribution in [-0.4, -0.2) is 25.4 Å². The van der Waals surface area contributed by atoms with Crippen LogP contribution in [0, 0.1) is 6.92 Å². The van der Waals surface area contributed by atoms with Crippen molar-refractivity contribution in [2.45, 2.75) is 13.3 Å². The molecule has 0 unspecified atom stereocenters. The maximum absolute atomic E-state index is 10.8. The molecule has 5 heteroatoms. The fourth-order valence-electron chi connectivity index (χ4n) is 2.27. The minimum absolute atomic E-state index is 0.0884. The maximum Gasteiger partial charge on any atom is 0.309 e. The Morgan fingerprint density at radius 1 is 1.30 bits per heavy atom. The number of nitrogens with zero attached hydrogens (tertiary/aromatic N) is 3. The lowest BCUT2D eigenvalue weighted by molar-refractivity contribution is -0.136. The average molecular weight is 267 g/mol. The van der Waals surface area contributed by atoms with Gasteiger partial charge in [-0.3, -0.25) is 9.20 Å². The number of aliphatic carboxylic acids is 1. The fourth-order valence-corrected chi connectivity index (χ4v) is 2.27. The number of rotatable bonds is 3. The van der Waals surface area contributed by atoms with Crippen LogP contribution >= 0.6 is 0 Å². The molecule has 0 aliphatic heterocycles. The largest absolute Gasteiger partial charge is 0.481 e. The second-order valence-corrected chi connectivity index (χ2v) is 4.66. The van der Waals surface area contributed by atoms with Gasteiger partial charge in [0.1, 0.15) is 12.0 Å². The van der Waals surface area contributed by atoms with E-state index in [-0.39, 0.29) is 6.42 Å². The summed E-state index contributed by atoms with van der Waals surface area (Å²) in [6, 6.07) is 7.98. The lowest BCUT2D eigenvalue weighted by Gasteiger charge is -2.06. The maximum atomic E-state index is 10.8. The summed E-state index contributed by atoms with van der Waals surface area (Å²) in [6.07, 6.45) is 5.01. The summed E-state index contributed by atoms with van der Waals surface area (Å²) in [4.78, 5) is 19.4. The Morgan fingerprint density at radius 3 is 2.85 bits per heavy atom. The fraction of sp³-hybridized carbons (Fsp3) is 0.133. The number of imidazole rings is 1. The highest BCUT2D eigenvalue weighted by molar-refractivity contribution is 5.79. The molecule has 100 valence electrons. The molecule has 0 saturated heterocycles. The van der Waals surface area contributed by atoms with Gasteiger partial charge in [-0.1, -0.05) is 24.3 Å². The van der Waals surface area contributed by atoms with E-state index in [1.54, 1.807) is 23.1 Å². The first-order chi connectivity index (χ1) is 9.65. The highest BCUT2D eigenvalue weighted by atomic mass is 16.4. The van der Waals surface area contributed by atoms with Crippen molar-refractivity contribution < 1.29 is 9.90 Å². The number of hydrogen-bond donors (Lipinski definition) is 1. The van der Waals surface area contributed by atoms with Crippen LogP contribution in [0.2, 0.25) is 0 Å². The van der Waals surface area contributed by atoms with Crippen LogP contribution in [0.15, 0.2) is 43.0 Å². The molecule has 0 amide bonds. The van der Waals surface area contributed by atoms with Gasteiger partial charge in [0.05, 0.1) is 12.1 Å². The van der Waals surface area contributed by atoms with Gasteiger partial charge < -0.3 is 5.11 Å². The van der Waals surface area contributed by atoms with Crippen molar-refractivity contribution in [1.82, 2.24) is 14.4 Å². The number of benzene rings is 1. The van der Waals surface area contributed by atoms with Crippen molar-refractivity contribution in [2.75, 3.05) is 0 Å². The predicted molar refractivity (Wildman–Crippen MR) is 74.5 cm³/mol. The molecule has 1 N–H and O–H groups in total. The van der Waals surface area contributed by atoms with Gasteiger partial charge in [-0.15, -0.1) is 0 Å². The van der Waals surface area contributed by atoms with Crippen LogP contribution < -0.4 is 0 Å². The molecule has 1 aromatic carbocycles. The van der Waals surface area contributed by atoms with Gasteiger partial charge in [0, 0.05) is 18.0 Å². The average Bonchev–Trinajstić information content (AvgIpc) is 2.80. The first-order valence-electron chi connectivity index (χ1n) is 6.24. The number of carbonyl (C=O) groups is 1. The van der Waals surface area contributed by atoms with Gasteiger partial charge in [-0.2, -0.15) is 0 Å². The Kier molecular flexibility index (Phi) is 2.95. The van der Waals surface area contributed by atoms with Gasteiger partial charge in [-0.05, 0) is 18.1 Å². The van der Waals surface area contributed by atoms with Crippen molar-refractivity contribution in [3.8, 4) is 11.1 Å². The van der Waals surface area contributed by atoms with Crippen molar-refractivity contribution in [2.24, 2.45) is 0 Å². The molecule has 0 aliphatic rings. The van der Waals surface area contributed by atoms with Crippen LogP contribution in [0.4, 0.5) is 0 Å². The summed E-state index contributed by atoms with van der Waals surface area (Å²) < 4.78 is 1.76. The standard InChI is InChI=1S/C15H13N3O2/c1-10-4-2-3-5-12(10)13-7-16-9-18-8-11(6-14(19)20)17-15(13)18/h2-5,7-9H,6H2,1H3,(H,19,20). The highest BCUT2D eigenvalue weighted by Gasteiger charge is 2.11. The summed E-state index contributed by atoms with van der Waals surface area (Å²) in [5, 5.41) is 8.86. The Bertz CT molecular complexity index is 793. The lowest BCUT2D eigenvalue weighted by atomic mass is 10.0. The second kappa shape index (κ2) is 4.77. The Hall–Kier alpha value is -2.69. The third-order valence-corrected chi connectivity index (χ3v) is 3.19. The molecular weight excluding hydrogens is 254 g/mol. The van der Waals surface area contributed by atoms with E-state index in [1.165, 1.54) is 0 Å². The van der Waals surface area contributed by atoms with Crippen LogP contribution in [0.25, 0.3) is 16.8 Å². The Balaban J connectivity index is 2.19. The van der Waals surface area contributed by atoms with Gasteiger partial charge in [0.25, 0.3) is 0 Å². The highest BCUT2D eigenvalue weighted by Crippen LogP contribution is 2.26. The summed E-state index contributed by atoms with van der Waals surface area (Å²) in [5.41, 5.74) is 4.34. The zero-order valence-corrected chi connectivity index (χ0v) is 10.9. The zero-order chi connectivity index (χ0) is 14.1. The molecule has 3 rings (SSSR count). The minimum atomic E-state index is -0.890. The van der Waals surface area contributed by atoms with Gasteiger partial charge in [0.15, 0.2) is 0 Å². The van der Waals surface area contributed by atoms with E-state index in [2.05, 4.69) is 9.97 Å². The van der Waals surface area contributed by atoms with E-state index in [0.717, 1.165) is 22.3 Å². The SMILES string of the molecule is Cc1ccccc1-c1cncn2cc(CC(=O)O)nc12. The van der Waals surface area contributed by atoms with Crippen molar-refractivity contribution >= 4 is 11.6 Å². The predicted octanol–water partition coefficient (Wildman–Crippen LogP) is 2.33. The number of carboxylic acids is 1. The molecule has 0 saturated carbocycles. The first-order valence-corrected chi connectivity index (χ1v) is 6.24. The molecule has 5 nitrogen and oxygen atoms in total. The minimum Gasteiger partial charge on any atom is -0.481 e. The molecule has 0 bridgehead atoms. The third-order valence-electron chi connectivity index (χ3n) is 3.19. The molecule has 0 aliphatic carbocycles. The van der Waals surface area contributed by atoms with Crippen molar-refractivity contribution in [3.05, 3.63) is 54.2 Å². The topological polar surface area (TPSA) is 67.5 Å².